The molecule has 258 valence electrons. The maximum Gasteiger partial charge on any atom is 0.437 e. The van der Waals surface area contributed by atoms with Gasteiger partial charge >= 0.3 is 5.95 Å². The molecule has 0 aromatic carbocycles. The minimum absolute atomic E-state index is 0.0429. The van der Waals surface area contributed by atoms with E-state index in [0.717, 1.165) is 49.2 Å². The highest BCUT2D eigenvalue weighted by Crippen LogP contribution is 2.34. The molecule has 0 radical (unpaired) electrons. The third-order valence-corrected chi connectivity index (χ3v) is 10.1. The van der Waals surface area contributed by atoms with Gasteiger partial charge in [-0.1, -0.05) is 9.89 Å². The fraction of sp³-hybridized carbons (Fsp3) is 0.452. The summed E-state index contributed by atoms with van der Waals surface area (Å²) in [7, 11) is -2.23. The number of rotatable bonds is 11. The van der Waals surface area contributed by atoms with Gasteiger partial charge in [-0.15, -0.1) is 0 Å². The Morgan fingerprint density at radius 3 is 2.65 bits per heavy atom. The number of imidazole rings is 1. The van der Waals surface area contributed by atoms with Crippen LogP contribution in [0.2, 0.25) is 0 Å². The van der Waals surface area contributed by atoms with Gasteiger partial charge in [-0.05, 0) is 42.6 Å². The second kappa shape index (κ2) is 13.5. The van der Waals surface area contributed by atoms with Crippen molar-refractivity contribution in [2.45, 2.75) is 44.4 Å². The number of hydrogen-bond acceptors (Lipinski definition) is 13. The molecule has 6 heterocycles. The molecule has 5 aromatic rings. The van der Waals surface area contributed by atoms with E-state index in [1.54, 1.807) is 23.8 Å². The van der Waals surface area contributed by atoms with Gasteiger partial charge in [0, 0.05) is 37.5 Å². The number of nitrogens with one attached hydrogen (secondary N) is 1. The number of sulfonamides is 1. The zero-order chi connectivity index (χ0) is 34.1. The van der Waals surface area contributed by atoms with E-state index in [2.05, 4.69) is 25.3 Å². The predicted octanol–water partition coefficient (Wildman–Crippen LogP) is 2.37. The van der Waals surface area contributed by atoms with Crippen LogP contribution in [0.1, 0.15) is 31.4 Å². The summed E-state index contributed by atoms with van der Waals surface area (Å²) in [5, 5.41) is 17.6. The molecule has 1 aliphatic heterocycles. The summed E-state index contributed by atoms with van der Waals surface area (Å²) in [4.78, 5) is 32.5. The van der Waals surface area contributed by atoms with Gasteiger partial charge < -0.3 is 24.8 Å². The van der Waals surface area contributed by atoms with Crippen LogP contribution in [0.25, 0.3) is 16.6 Å². The number of fused-ring (bicyclic) bond motifs is 2. The first-order valence-electron chi connectivity index (χ1n) is 16.1. The van der Waals surface area contributed by atoms with E-state index >= 15 is 0 Å². The Morgan fingerprint density at radius 2 is 1.90 bits per heavy atom. The number of pyridine rings is 2. The maximum absolute atomic E-state index is 13.1. The number of nitroso groups, excluding NO2 is 1. The molecule has 2 N–H and O–H groups in total. The van der Waals surface area contributed by atoms with E-state index in [1.165, 1.54) is 21.3 Å². The quantitative estimate of drug-likeness (QED) is 0.152. The van der Waals surface area contributed by atoms with Gasteiger partial charge in [0.1, 0.15) is 29.6 Å². The number of hydrogen-bond donors (Lipinski definition) is 2. The van der Waals surface area contributed by atoms with Crippen molar-refractivity contribution in [3.8, 4) is 5.88 Å². The Morgan fingerprint density at radius 1 is 1.10 bits per heavy atom. The zero-order valence-corrected chi connectivity index (χ0v) is 28.0. The Labute approximate surface area is 282 Å². The highest BCUT2D eigenvalue weighted by atomic mass is 32.2. The lowest BCUT2D eigenvalue weighted by atomic mass is 9.93. The highest BCUT2D eigenvalue weighted by molar-refractivity contribution is 7.92. The fourth-order valence-electron chi connectivity index (χ4n) is 6.26. The molecule has 1 saturated heterocycles. The molecular formula is C31H38N11O6S+. The van der Waals surface area contributed by atoms with E-state index in [-0.39, 0.29) is 24.6 Å². The van der Waals surface area contributed by atoms with Crippen LogP contribution in [0, 0.1) is 4.91 Å². The molecule has 49 heavy (non-hydrogen) atoms. The summed E-state index contributed by atoms with van der Waals surface area (Å²) in [6.07, 6.45) is 10.8. The summed E-state index contributed by atoms with van der Waals surface area (Å²) < 4.78 is 43.1. The van der Waals surface area contributed by atoms with E-state index < -0.39 is 16.8 Å². The first-order chi connectivity index (χ1) is 23.7. The third kappa shape index (κ3) is 6.97. The average Bonchev–Trinajstić information content (AvgIpc) is 3.73. The Hall–Kier alpha value is -4.94. The van der Waals surface area contributed by atoms with Crippen LogP contribution in [0.5, 0.6) is 5.88 Å². The topological polar surface area (TPSA) is 185 Å². The molecule has 2 aliphatic rings. The maximum atomic E-state index is 13.1. The Bertz CT molecular complexity index is 2090. The number of ether oxygens (including phenoxy) is 2. The van der Waals surface area contributed by atoms with Crippen LogP contribution >= 0.6 is 0 Å². The number of anilines is 3. The predicted molar refractivity (Wildman–Crippen MR) is 180 cm³/mol. The summed E-state index contributed by atoms with van der Waals surface area (Å²) in [5.41, 5.74) is 2.15. The van der Waals surface area contributed by atoms with Crippen LogP contribution in [0.4, 0.5) is 23.3 Å². The van der Waals surface area contributed by atoms with Crippen molar-refractivity contribution < 1.29 is 27.8 Å². The molecule has 0 amide bonds. The van der Waals surface area contributed by atoms with E-state index in [0.29, 0.717) is 59.2 Å². The lowest BCUT2D eigenvalue weighted by molar-refractivity contribution is -0.513. The molecule has 1 saturated carbocycles. The van der Waals surface area contributed by atoms with Crippen LogP contribution in [0.15, 0.2) is 49.1 Å². The van der Waals surface area contributed by atoms with Gasteiger partial charge in [0.15, 0.2) is 5.65 Å². The Balaban J connectivity index is 1.16. The zero-order valence-electron chi connectivity index (χ0n) is 27.2. The van der Waals surface area contributed by atoms with Gasteiger partial charge in [-0.3, -0.25) is 9.29 Å². The van der Waals surface area contributed by atoms with Crippen LogP contribution in [0.3, 0.4) is 0 Å². The third-order valence-electron chi connectivity index (χ3n) is 8.92. The first-order valence-corrected chi connectivity index (χ1v) is 17.9. The first kappa shape index (κ1) is 32.6. The smallest absolute Gasteiger partial charge is 0.437 e. The van der Waals surface area contributed by atoms with Crippen molar-refractivity contribution in [3.63, 3.8) is 0 Å². The van der Waals surface area contributed by atoms with Gasteiger partial charge in [-0.25, -0.2) is 22.5 Å². The molecule has 5 aromatic heterocycles. The molecule has 2 fully saturated rings. The molecule has 0 bridgehead atoms. The Kier molecular flexibility index (Phi) is 9.00. The molecule has 0 spiro atoms. The number of aliphatic hydroxyl groups is 1. The van der Waals surface area contributed by atoms with Crippen molar-refractivity contribution in [1.82, 2.24) is 34.1 Å². The number of aromatic nitrogens is 7. The van der Waals surface area contributed by atoms with Gasteiger partial charge in [0.05, 0.1) is 62.0 Å². The van der Waals surface area contributed by atoms with E-state index in [4.69, 9.17) is 19.4 Å². The minimum atomic E-state index is -3.81. The average molecular weight is 693 g/mol. The lowest BCUT2D eigenvalue weighted by Gasteiger charge is -2.31. The van der Waals surface area contributed by atoms with Crippen molar-refractivity contribution in [1.29, 1.82) is 0 Å². The van der Waals surface area contributed by atoms with Crippen molar-refractivity contribution in [2.24, 2.45) is 7.05 Å². The standard InChI is InChI=1S/C31H38N11O6S/c1-38-23(18-33-31(38)41(44)20-43)19-42(49(2,45)46)22-15-25-26(32-17-22)16-29(39-11-13-47-14-12-39)37-30(25)48-24-5-3-21(4-6-24)35-27-8-10-40-28(36-27)7-9-34-40/h7-10,15-18,21,24,43H,3-6,11-14,19-20H2,1-2H3,(H,35,36)/q+1. The summed E-state index contributed by atoms with van der Waals surface area (Å²) in [6.45, 7) is 1.63. The molecular weight excluding hydrogens is 654 g/mol. The number of morpholine rings is 1. The highest BCUT2D eigenvalue weighted by Gasteiger charge is 2.28. The normalized spacial score (nSPS) is 18.6. The number of aliphatic hydroxyl groups excluding tert-OH is 1. The van der Waals surface area contributed by atoms with Gasteiger partial charge in [0.2, 0.25) is 22.6 Å². The van der Waals surface area contributed by atoms with Crippen molar-refractivity contribution >= 4 is 49.8 Å². The second-order valence-corrected chi connectivity index (χ2v) is 14.1. The lowest BCUT2D eigenvalue weighted by Crippen LogP contribution is -2.37. The molecule has 0 unspecified atom stereocenters. The van der Waals surface area contributed by atoms with Crippen LogP contribution in [-0.2, 0) is 28.4 Å². The second-order valence-electron chi connectivity index (χ2n) is 12.2. The van der Waals surface area contributed by atoms with Gasteiger partial charge in [0.25, 0.3) is 0 Å². The summed E-state index contributed by atoms with van der Waals surface area (Å²) in [5.74, 6) is 1.87. The van der Waals surface area contributed by atoms with E-state index in [1.807, 2.05) is 24.4 Å². The molecule has 7 rings (SSSR count). The molecule has 0 atom stereocenters. The van der Waals surface area contributed by atoms with Gasteiger partial charge in [-0.2, -0.15) is 10.1 Å². The summed E-state index contributed by atoms with van der Waals surface area (Å²) >= 11 is 0. The van der Waals surface area contributed by atoms with Crippen molar-refractivity contribution in [3.05, 3.63) is 59.7 Å². The number of nitrogens with zero attached hydrogens (tertiary/aromatic N) is 10. The molecule has 1 aliphatic carbocycles. The monoisotopic (exact) mass is 692 g/mol. The minimum Gasteiger partial charge on any atom is -0.474 e. The summed E-state index contributed by atoms with van der Waals surface area (Å²) in [6, 6.07) is 7.63. The van der Waals surface area contributed by atoms with Crippen LogP contribution < -0.4 is 19.3 Å². The largest absolute Gasteiger partial charge is 0.474 e. The molecule has 18 heteroatoms. The molecule has 17 nitrogen and oxygen atoms in total. The van der Waals surface area contributed by atoms with Crippen molar-refractivity contribution in [2.75, 3.05) is 53.8 Å². The SMILES string of the molecule is Cn1c(CN(c2cnc3cc(N4CCOCC4)nc(OC4CCC(Nc5ccn6nccc6n5)CC4)c3c2)S(C)(=O)=O)cnc1[N+](=O)CO. The van der Waals surface area contributed by atoms with Crippen LogP contribution in [-0.4, -0.2) is 104 Å². The van der Waals surface area contributed by atoms with E-state index in [9.17, 15) is 18.4 Å². The fourth-order valence-corrected chi connectivity index (χ4v) is 7.11.